The Morgan fingerprint density at radius 2 is 1.67 bits per heavy atom. The molecule has 5 N–H and O–H groups in total. The first kappa shape index (κ1) is 18.7. The number of aliphatic carboxylic acids is 1. The topological polar surface area (TPSA) is 142 Å². The third-order valence-corrected chi connectivity index (χ3v) is 2.80. The van der Waals surface area contributed by atoms with Gasteiger partial charge in [0.1, 0.15) is 12.1 Å². The Morgan fingerprint density at radius 3 is 2.05 bits per heavy atom. The summed E-state index contributed by atoms with van der Waals surface area (Å²) in [6.07, 6.45) is -0.527. The van der Waals surface area contributed by atoms with E-state index in [4.69, 9.17) is 10.8 Å². The van der Waals surface area contributed by atoms with Crippen molar-refractivity contribution < 1.29 is 24.3 Å². The van der Waals surface area contributed by atoms with Crippen molar-refractivity contribution >= 4 is 23.8 Å². The van der Waals surface area contributed by atoms with Crippen LogP contribution < -0.4 is 16.4 Å². The van der Waals surface area contributed by atoms with E-state index in [1.165, 1.54) is 11.8 Å². The lowest BCUT2D eigenvalue weighted by Crippen LogP contribution is -2.53. The molecule has 9 nitrogen and oxygen atoms in total. The van der Waals surface area contributed by atoms with E-state index in [-0.39, 0.29) is 5.91 Å². The van der Waals surface area contributed by atoms with Gasteiger partial charge in [0.25, 0.3) is 0 Å². The van der Waals surface area contributed by atoms with E-state index in [1.807, 2.05) is 13.8 Å². The van der Waals surface area contributed by atoms with Gasteiger partial charge in [-0.3, -0.25) is 9.59 Å². The highest BCUT2D eigenvalue weighted by atomic mass is 16.4. The van der Waals surface area contributed by atoms with Crippen LogP contribution in [0.25, 0.3) is 0 Å². The minimum absolute atomic E-state index is 0.281. The SMILES string of the molecule is CCN(CC)C(=O)C(C)NC(=O)NC(CC(N)=O)C(=O)O. The first-order chi connectivity index (χ1) is 9.72. The maximum Gasteiger partial charge on any atom is 0.326 e. The summed E-state index contributed by atoms with van der Waals surface area (Å²) in [6, 6.07) is -3.09. The second-order valence-corrected chi connectivity index (χ2v) is 4.41. The normalized spacial score (nSPS) is 12.9. The van der Waals surface area contributed by atoms with Crippen molar-refractivity contribution in [3.05, 3.63) is 0 Å². The molecule has 0 aliphatic carbocycles. The molecule has 0 radical (unpaired) electrons. The molecule has 9 heteroatoms. The van der Waals surface area contributed by atoms with Crippen molar-refractivity contribution in [2.75, 3.05) is 13.1 Å². The molecule has 0 aromatic rings. The fourth-order valence-corrected chi connectivity index (χ4v) is 1.67. The summed E-state index contributed by atoms with van der Waals surface area (Å²) >= 11 is 0. The molecule has 0 saturated heterocycles. The highest BCUT2D eigenvalue weighted by Gasteiger charge is 2.25. The molecule has 4 amide bonds. The Hall–Kier alpha value is -2.32. The molecule has 0 bridgehead atoms. The molecule has 2 unspecified atom stereocenters. The second kappa shape index (κ2) is 8.77. The molecule has 0 saturated carbocycles. The number of carboxylic acid groups (broad SMARTS) is 1. The predicted octanol–water partition coefficient (Wildman–Crippen LogP) is -1.13. The molecule has 0 heterocycles. The number of rotatable bonds is 8. The van der Waals surface area contributed by atoms with Crippen LogP contribution in [0.3, 0.4) is 0 Å². The van der Waals surface area contributed by atoms with Gasteiger partial charge in [-0.25, -0.2) is 9.59 Å². The lowest BCUT2D eigenvalue weighted by Gasteiger charge is -2.24. The number of amides is 4. The van der Waals surface area contributed by atoms with Crippen molar-refractivity contribution in [2.45, 2.75) is 39.3 Å². The Bertz CT molecular complexity index is 408. The lowest BCUT2D eigenvalue weighted by atomic mass is 10.2. The summed E-state index contributed by atoms with van der Waals surface area (Å²) in [5.41, 5.74) is 4.90. The van der Waals surface area contributed by atoms with Crippen molar-refractivity contribution in [1.82, 2.24) is 15.5 Å². The summed E-state index contributed by atoms with van der Waals surface area (Å²) in [6.45, 7) is 6.11. The third kappa shape index (κ3) is 6.59. The second-order valence-electron chi connectivity index (χ2n) is 4.41. The average molecular weight is 302 g/mol. The molecule has 0 fully saturated rings. The largest absolute Gasteiger partial charge is 0.480 e. The minimum Gasteiger partial charge on any atom is -0.480 e. The van der Waals surface area contributed by atoms with E-state index in [9.17, 15) is 19.2 Å². The molecule has 0 aliphatic rings. The summed E-state index contributed by atoms with van der Waals surface area (Å²) in [4.78, 5) is 46.7. The molecule has 21 heavy (non-hydrogen) atoms. The van der Waals surface area contributed by atoms with Crippen LogP contribution in [0.1, 0.15) is 27.2 Å². The van der Waals surface area contributed by atoms with Gasteiger partial charge in [-0.1, -0.05) is 0 Å². The molecule has 0 aromatic heterocycles. The summed E-state index contributed by atoms with van der Waals surface area (Å²) in [5, 5.41) is 13.3. The zero-order chi connectivity index (χ0) is 16.6. The van der Waals surface area contributed by atoms with E-state index in [2.05, 4.69) is 10.6 Å². The smallest absolute Gasteiger partial charge is 0.326 e. The van der Waals surface area contributed by atoms with Crippen molar-refractivity contribution in [3.8, 4) is 0 Å². The number of likely N-dealkylation sites (N-methyl/N-ethyl adjacent to an activating group) is 1. The van der Waals surface area contributed by atoms with E-state index in [1.54, 1.807) is 0 Å². The van der Waals surface area contributed by atoms with Crippen LogP contribution in [0.5, 0.6) is 0 Å². The average Bonchev–Trinajstić information content (AvgIpc) is 2.38. The van der Waals surface area contributed by atoms with Crippen LogP contribution in [0.2, 0.25) is 0 Å². The van der Waals surface area contributed by atoms with Crippen molar-refractivity contribution in [3.63, 3.8) is 0 Å². The number of primary amides is 1. The third-order valence-electron chi connectivity index (χ3n) is 2.80. The predicted molar refractivity (Wildman–Crippen MR) is 74.3 cm³/mol. The van der Waals surface area contributed by atoms with E-state index >= 15 is 0 Å². The van der Waals surface area contributed by atoms with Crippen LogP contribution in [-0.2, 0) is 14.4 Å². The number of carbonyl (C=O) groups is 4. The first-order valence-electron chi connectivity index (χ1n) is 6.59. The van der Waals surface area contributed by atoms with Crippen LogP contribution in [0.4, 0.5) is 4.79 Å². The fourth-order valence-electron chi connectivity index (χ4n) is 1.67. The number of nitrogens with one attached hydrogen (secondary N) is 2. The molecule has 0 aromatic carbocycles. The van der Waals surface area contributed by atoms with Crippen LogP contribution in [0.15, 0.2) is 0 Å². The molecular weight excluding hydrogens is 280 g/mol. The molecule has 0 rings (SSSR count). The molecule has 120 valence electrons. The monoisotopic (exact) mass is 302 g/mol. The van der Waals surface area contributed by atoms with Gasteiger partial charge in [-0.2, -0.15) is 0 Å². The number of hydrogen-bond donors (Lipinski definition) is 4. The van der Waals surface area contributed by atoms with Gasteiger partial charge in [0.2, 0.25) is 11.8 Å². The van der Waals surface area contributed by atoms with Crippen molar-refractivity contribution in [2.24, 2.45) is 5.73 Å². The van der Waals surface area contributed by atoms with Gasteiger partial charge >= 0.3 is 12.0 Å². The summed E-state index contributed by atoms with van der Waals surface area (Å²) in [7, 11) is 0. The maximum atomic E-state index is 11.9. The van der Waals surface area contributed by atoms with Gasteiger partial charge in [0, 0.05) is 13.1 Å². The Kier molecular flexibility index (Phi) is 7.80. The maximum absolute atomic E-state index is 11.9. The Morgan fingerprint density at radius 1 is 1.14 bits per heavy atom. The summed E-state index contributed by atoms with van der Waals surface area (Å²) in [5.74, 6) is -2.52. The van der Waals surface area contributed by atoms with Crippen LogP contribution in [-0.4, -0.2) is 59.0 Å². The number of carbonyl (C=O) groups excluding carboxylic acids is 3. The van der Waals surface area contributed by atoms with Gasteiger partial charge < -0.3 is 26.4 Å². The lowest BCUT2D eigenvalue weighted by molar-refractivity contribution is -0.140. The van der Waals surface area contributed by atoms with E-state index < -0.39 is 36.4 Å². The fraction of sp³-hybridized carbons (Fsp3) is 0.667. The Balaban J connectivity index is 4.56. The van der Waals surface area contributed by atoms with Gasteiger partial charge in [-0.15, -0.1) is 0 Å². The number of hydrogen-bond acceptors (Lipinski definition) is 4. The van der Waals surface area contributed by atoms with Crippen LogP contribution in [0, 0.1) is 0 Å². The Labute approximate surface area is 122 Å². The number of nitrogens with two attached hydrogens (primary N) is 1. The standard InChI is InChI=1S/C12H22N4O5/c1-4-16(5-2)10(18)7(3)14-12(21)15-8(11(19)20)6-9(13)17/h7-8H,4-6H2,1-3H3,(H2,13,17)(H,19,20)(H2,14,15,21). The zero-order valence-electron chi connectivity index (χ0n) is 12.4. The van der Waals surface area contributed by atoms with Gasteiger partial charge in [0.05, 0.1) is 6.42 Å². The summed E-state index contributed by atoms with van der Waals surface area (Å²) < 4.78 is 0. The first-order valence-corrected chi connectivity index (χ1v) is 6.59. The van der Waals surface area contributed by atoms with Crippen LogP contribution >= 0.6 is 0 Å². The number of nitrogens with zero attached hydrogens (tertiary/aromatic N) is 1. The van der Waals surface area contributed by atoms with Gasteiger partial charge in [0.15, 0.2) is 0 Å². The van der Waals surface area contributed by atoms with E-state index in [0.29, 0.717) is 13.1 Å². The highest BCUT2D eigenvalue weighted by Crippen LogP contribution is 1.96. The van der Waals surface area contributed by atoms with E-state index in [0.717, 1.165) is 0 Å². The molecular formula is C12H22N4O5. The molecule has 0 spiro atoms. The zero-order valence-corrected chi connectivity index (χ0v) is 12.4. The van der Waals surface area contributed by atoms with Crippen molar-refractivity contribution in [1.29, 1.82) is 0 Å². The molecule has 0 aliphatic heterocycles. The number of carboxylic acids is 1. The number of urea groups is 1. The highest BCUT2D eigenvalue weighted by molar-refractivity contribution is 5.90. The van der Waals surface area contributed by atoms with Gasteiger partial charge in [-0.05, 0) is 20.8 Å². The molecule has 2 atom stereocenters. The minimum atomic E-state index is -1.43. The quantitative estimate of drug-likeness (QED) is 0.449.